The van der Waals surface area contributed by atoms with E-state index in [-0.39, 0.29) is 23.7 Å². The number of hydrogen-bond donors (Lipinski definition) is 0. The lowest BCUT2D eigenvalue weighted by Crippen LogP contribution is -2.37. The predicted octanol–water partition coefficient (Wildman–Crippen LogP) is 1.74. The predicted molar refractivity (Wildman–Crippen MR) is 57.0 cm³/mol. The Bertz CT molecular complexity index is 322. The van der Waals surface area contributed by atoms with Gasteiger partial charge in [-0.05, 0) is 25.2 Å². The summed E-state index contributed by atoms with van der Waals surface area (Å²) in [5.41, 5.74) is 1.15. The third kappa shape index (κ3) is 1.71. The van der Waals surface area contributed by atoms with Crippen LogP contribution in [0.4, 0.5) is 0 Å². The van der Waals surface area contributed by atoms with Crippen LogP contribution < -0.4 is 0 Å². The summed E-state index contributed by atoms with van der Waals surface area (Å²) in [7, 11) is 0. The summed E-state index contributed by atoms with van der Waals surface area (Å²) >= 11 is 0. The van der Waals surface area contributed by atoms with Crippen LogP contribution in [0.3, 0.4) is 0 Å². The number of likely N-dealkylation sites (tertiary alicyclic amines) is 1. The van der Waals surface area contributed by atoms with E-state index in [1.807, 2.05) is 6.92 Å². The Morgan fingerprint density at radius 2 is 2.20 bits per heavy atom. The number of carbonyl (C=O) groups excluding carboxylic acids is 2. The quantitative estimate of drug-likeness (QED) is 0.485. The minimum atomic E-state index is -0.000417. The van der Waals surface area contributed by atoms with Crippen molar-refractivity contribution in [3.8, 4) is 0 Å². The lowest BCUT2D eigenvalue weighted by molar-refractivity contribution is -0.145. The van der Waals surface area contributed by atoms with E-state index >= 15 is 0 Å². The molecule has 3 heteroatoms. The molecule has 2 atom stereocenters. The molecule has 0 aromatic carbocycles. The Balaban J connectivity index is 2.08. The fraction of sp³-hybridized carbons (Fsp3) is 0.667. The van der Waals surface area contributed by atoms with Gasteiger partial charge in [0.05, 0.1) is 0 Å². The normalized spacial score (nSPS) is 31.4. The smallest absolute Gasteiger partial charge is 0.232 e. The van der Waals surface area contributed by atoms with Gasteiger partial charge in [-0.1, -0.05) is 19.1 Å². The maximum Gasteiger partial charge on any atom is 0.232 e. The van der Waals surface area contributed by atoms with Gasteiger partial charge in [-0.3, -0.25) is 14.5 Å². The Kier molecular flexibility index (Phi) is 2.63. The van der Waals surface area contributed by atoms with Gasteiger partial charge in [-0.25, -0.2) is 0 Å². The minimum absolute atomic E-state index is 0.000417. The van der Waals surface area contributed by atoms with E-state index in [9.17, 15) is 9.59 Å². The second kappa shape index (κ2) is 3.80. The molecule has 1 aliphatic carbocycles. The lowest BCUT2D eigenvalue weighted by Gasteiger charge is -2.21. The van der Waals surface area contributed by atoms with Gasteiger partial charge in [-0.15, -0.1) is 0 Å². The topological polar surface area (TPSA) is 37.4 Å². The van der Waals surface area contributed by atoms with Crippen molar-refractivity contribution in [2.24, 2.45) is 11.8 Å². The molecular formula is C12H17NO2. The van der Waals surface area contributed by atoms with E-state index in [4.69, 9.17) is 0 Å². The van der Waals surface area contributed by atoms with Crippen molar-refractivity contribution < 1.29 is 9.59 Å². The van der Waals surface area contributed by atoms with Crippen LogP contribution in [0.5, 0.6) is 0 Å². The molecule has 2 unspecified atom stereocenters. The number of nitrogens with zero attached hydrogens (tertiary/aromatic N) is 1. The molecule has 0 radical (unpaired) electrons. The summed E-state index contributed by atoms with van der Waals surface area (Å²) in [6.45, 7) is 6.62. The van der Waals surface area contributed by atoms with Crippen molar-refractivity contribution in [1.82, 2.24) is 4.90 Å². The summed E-state index contributed by atoms with van der Waals surface area (Å²) in [6.07, 6.45) is 3.16. The molecule has 0 bridgehead atoms. The molecule has 1 aliphatic heterocycles. The third-order valence-electron chi connectivity index (χ3n) is 3.68. The monoisotopic (exact) mass is 207 g/mol. The molecule has 0 N–H and O–H groups in total. The van der Waals surface area contributed by atoms with E-state index in [2.05, 4.69) is 6.58 Å². The molecule has 1 heterocycles. The SMILES string of the molecule is C=C1CCC(C(=O)N2CCCC2=O)C1C. The Hall–Kier alpha value is -1.12. The van der Waals surface area contributed by atoms with E-state index < -0.39 is 0 Å². The first-order valence-corrected chi connectivity index (χ1v) is 5.63. The molecule has 1 saturated heterocycles. The van der Waals surface area contributed by atoms with Gasteiger partial charge in [0.15, 0.2) is 0 Å². The van der Waals surface area contributed by atoms with E-state index in [1.54, 1.807) is 0 Å². The number of rotatable bonds is 1. The van der Waals surface area contributed by atoms with Gasteiger partial charge in [0.2, 0.25) is 11.8 Å². The molecule has 2 amide bonds. The molecule has 0 aromatic rings. The van der Waals surface area contributed by atoms with Gasteiger partial charge >= 0.3 is 0 Å². The van der Waals surface area contributed by atoms with E-state index in [1.165, 1.54) is 4.90 Å². The second-order valence-corrected chi connectivity index (χ2v) is 4.58. The first kappa shape index (κ1) is 10.4. The van der Waals surface area contributed by atoms with E-state index in [0.717, 1.165) is 24.8 Å². The van der Waals surface area contributed by atoms with Crippen molar-refractivity contribution in [3.63, 3.8) is 0 Å². The highest BCUT2D eigenvalue weighted by molar-refractivity contribution is 5.98. The summed E-state index contributed by atoms with van der Waals surface area (Å²) in [5, 5.41) is 0. The molecule has 3 nitrogen and oxygen atoms in total. The summed E-state index contributed by atoms with van der Waals surface area (Å²) in [4.78, 5) is 25.0. The van der Waals surface area contributed by atoms with Crippen molar-refractivity contribution >= 4 is 11.8 Å². The number of amides is 2. The van der Waals surface area contributed by atoms with Crippen molar-refractivity contribution in [2.45, 2.75) is 32.6 Å². The van der Waals surface area contributed by atoms with Crippen LogP contribution in [-0.2, 0) is 9.59 Å². The fourth-order valence-electron chi connectivity index (χ4n) is 2.52. The number of allylic oxidation sites excluding steroid dienone is 1. The van der Waals surface area contributed by atoms with Gasteiger partial charge in [0.25, 0.3) is 0 Å². The molecule has 15 heavy (non-hydrogen) atoms. The van der Waals surface area contributed by atoms with Gasteiger partial charge in [0, 0.05) is 18.9 Å². The van der Waals surface area contributed by atoms with Crippen LogP contribution in [0.2, 0.25) is 0 Å². The number of carbonyl (C=O) groups is 2. The molecule has 2 fully saturated rings. The molecule has 0 spiro atoms. The maximum atomic E-state index is 12.1. The zero-order valence-electron chi connectivity index (χ0n) is 9.16. The molecular weight excluding hydrogens is 190 g/mol. The Labute approximate surface area is 90.1 Å². The summed E-state index contributed by atoms with van der Waals surface area (Å²) in [5.74, 6) is 0.277. The second-order valence-electron chi connectivity index (χ2n) is 4.58. The number of hydrogen-bond acceptors (Lipinski definition) is 2. The highest BCUT2D eigenvalue weighted by Crippen LogP contribution is 2.36. The highest BCUT2D eigenvalue weighted by Gasteiger charge is 2.38. The average Bonchev–Trinajstić information content (AvgIpc) is 2.75. The Morgan fingerprint density at radius 1 is 1.47 bits per heavy atom. The molecule has 1 saturated carbocycles. The zero-order chi connectivity index (χ0) is 11.0. The van der Waals surface area contributed by atoms with Crippen LogP contribution in [0, 0.1) is 11.8 Å². The first-order valence-electron chi connectivity index (χ1n) is 5.63. The Morgan fingerprint density at radius 3 is 2.67 bits per heavy atom. The molecule has 2 rings (SSSR count). The average molecular weight is 207 g/mol. The van der Waals surface area contributed by atoms with Crippen molar-refractivity contribution in [3.05, 3.63) is 12.2 Å². The first-order chi connectivity index (χ1) is 7.11. The van der Waals surface area contributed by atoms with Crippen LogP contribution in [0.15, 0.2) is 12.2 Å². The van der Waals surface area contributed by atoms with Gasteiger partial charge in [-0.2, -0.15) is 0 Å². The molecule has 82 valence electrons. The highest BCUT2D eigenvalue weighted by atomic mass is 16.2. The van der Waals surface area contributed by atoms with Gasteiger partial charge < -0.3 is 0 Å². The van der Waals surface area contributed by atoms with Crippen LogP contribution in [0.1, 0.15) is 32.6 Å². The largest absolute Gasteiger partial charge is 0.282 e. The van der Waals surface area contributed by atoms with E-state index in [0.29, 0.717) is 13.0 Å². The van der Waals surface area contributed by atoms with Crippen LogP contribution in [0.25, 0.3) is 0 Å². The summed E-state index contributed by atoms with van der Waals surface area (Å²) in [6, 6.07) is 0. The van der Waals surface area contributed by atoms with Gasteiger partial charge in [0.1, 0.15) is 0 Å². The standard InChI is InChI=1S/C12H17NO2/c1-8-5-6-10(9(8)2)12(15)13-7-3-4-11(13)14/h9-10H,1,3-7H2,2H3. The zero-order valence-corrected chi connectivity index (χ0v) is 9.16. The fourth-order valence-corrected chi connectivity index (χ4v) is 2.52. The van der Waals surface area contributed by atoms with Crippen LogP contribution >= 0.6 is 0 Å². The lowest BCUT2D eigenvalue weighted by atomic mass is 9.95. The van der Waals surface area contributed by atoms with Crippen molar-refractivity contribution in [1.29, 1.82) is 0 Å². The number of imide groups is 1. The third-order valence-corrected chi connectivity index (χ3v) is 3.68. The van der Waals surface area contributed by atoms with Crippen LogP contribution in [-0.4, -0.2) is 23.3 Å². The van der Waals surface area contributed by atoms with Crippen molar-refractivity contribution in [2.75, 3.05) is 6.54 Å². The maximum absolute atomic E-state index is 12.1. The molecule has 0 aromatic heterocycles. The summed E-state index contributed by atoms with van der Waals surface area (Å²) < 4.78 is 0. The molecule has 2 aliphatic rings. The minimum Gasteiger partial charge on any atom is -0.282 e.